The highest BCUT2D eigenvalue weighted by atomic mass is 16.6. The van der Waals surface area contributed by atoms with E-state index in [0.29, 0.717) is 12.2 Å². The third-order valence-corrected chi connectivity index (χ3v) is 5.51. The number of hydrogen-bond acceptors (Lipinski definition) is 9. The van der Waals surface area contributed by atoms with E-state index < -0.39 is 5.91 Å². The van der Waals surface area contributed by atoms with Crippen LogP contribution in [0.15, 0.2) is 64.3 Å². The molecule has 0 saturated heterocycles. The molecule has 1 amide bonds. The summed E-state index contributed by atoms with van der Waals surface area (Å²) in [6, 6.07) is 17.8. The first-order chi connectivity index (χ1) is 16.1. The molecular weight excluding hydrogens is 422 g/mol. The predicted molar refractivity (Wildman–Crippen MR) is 121 cm³/mol. The number of nitrogens with zero attached hydrogens (tertiary/aromatic N) is 7. The van der Waals surface area contributed by atoms with E-state index >= 15 is 0 Å². The van der Waals surface area contributed by atoms with Crippen LogP contribution in [0, 0.1) is 0 Å². The van der Waals surface area contributed by atoms with Gasteiger partial charge in [0.15, 0.2) is 5.69 Å². The van der Waals surface area contributed by atoms with Crippen molar-refractivity contribution >= 4 is 23.1 Å². The summed E-state index contributed by atoms with van der Waals surface area (Å²) in [7, 11) is 1.90. The van der Waals surface area contributed by atoms with Crippen LogP contribution in [0.4, 0.5) is 11.5 Å². The van der Waals surface area contributed by atoms with Crippen LogP contribution in [-0.4, -0.2) is 44.0 Å². The number of carbonyl (C=O) groups is 1. The molecule has 0 radical (unpaired) electrons. The second kappa shape index (κ2) is 8.54. The van der Waals surface area contributed by atoms with Crippen LogP contribution in [-0.2, 0) is 13.0 Å². The zero-order valence-corrected chi connectivity index (χ0v) is 17.8. The third-order valence-electron chi connectivity index (χ3n) is 5.51. The van der Waals surface area contributed by atoms with Crippen molar-refractivity contribution in [2.75, 3.05) is 17.7 Å². The maximum absolute atomic E-state index is 13.1. The number of nitrogens with two attached hydrogens (primary N) is 1. The maximum atomic E-state index is 13.1. The van der Waals surface area contributed by atoms with Crippen LogP contribution in [0.2, 0.25) is 0 Å². The van der Waals surface area contributed by atoms with Gasteiger partial charge in [0, 0.05) is 18.3 Å². The number of nitrogens with one attached hydrogen (secondary N) is 1. The Morgan fingerprint density at radius 1 is 1.15 bits per heavy atom. The molecule has 11 nitrogen and oxygen atoms in total. The van der Waals surface area contributed by atoms with Crippen LogP contribution in [0.1, 0.15) is 33.7 Å². The fourth-order valence-corrected chi connectivity index (χ4v) is 3.82. The first kappa shape index (κ1) is 20.4. The van der Waals surface area contributed by atoms with E-state index in [1.807, 2.05) is 60.5 Å². The molecule has 11 heteroatoms. The number of para-hydroxylation sites is 1. The van der Waals surface area contributed by atoms with Crippen molar-refractivity contribution in [2.45, 2.75) is 19.4 Å². The van der Waals surface area contributed by atoms with Crippen molar-refractivity contribution in [3.05, 3.63) is 77.1 Å². The molecule has 1 aliphatic carbocycles. The Kier molecular flexibility index (Phi) is 5.27. The Morgan fingerprint density at radius 3 is 2.73 bits per heavy atom. The zero-order chi connectivity index (χ0) is 22.8. The molecule has 0 saturated carbocycles. The van der Waals surface area contributed by atoms with Gasteiger partial charge in [0.2, 0.25) is 11.6 Å². The van der Waals surface area contributed by atoms with Gasteiger partial charge < -0.3 is 10.6 Å². The second-order valence-electron chi connectivity index (χ2n) is 7.62. The Labute approximate surface area is 188 Å². The molecule has 0 spiro atoms. The first-order valence-electron chi connectivity index (χ1n) is 10.4. The summed E-state index contributed by atoms with van der Waals surface area (Å²) in [5, 5.41) is 20.0. The number of fused-ring (bicyclic) bond motifs is 1. The minimum absolute atomic E-state index is 0.0401. The van der Waals surface area contributed by atoms with Gasteiger partial charge in [-0.3, -0.25) is 4.79 Å². The fourth-order valence-electron chi connectivity index (χ4n) is 3.82. The summed E-state index contributed by atoms with van der Waals surface area (Å²) in [6.45, 7) is 0.297. The van der Waals surface area contributed by atoms with Crippen LogP contribution in [0.25, 0.3) is 5.82 Å². The largest absolute Gasteiger partial charge is 0.378 e. The van der Waals surface area contributed by atoms with E-state index in [2.05, 4.69) is 37.2 Å². The van der Waals surface area contributed by atoms with Gasteiger partial charge in [0.25, 0.3) is 5.91 Å². The highest BCUT2D eigenvalue weighted by Crippen LogP contribution is 2.23. The topological polar surface area (TPSA) is 140 Å². The van der Waals surface area contributed by atoms with E-state index in [1.54, 1.807) is 0 Å². The Morgan fingerprint density at radius 2 is 1.94 bits per heavy atom. The molecule has 2 aromatic carbocycles. The summed E-state index contributed by atoms with van der Waals surface area (Å²) in [4.78, 5) is 15.0. The van der Waals surface area contributed by atoms with Gasteiger partial charge in [0.05, 0.1) is 18.0 Å². The van der Waals surface area contributed by atoms with E-state index in [-0.39, 0.29) is 17.3 Å². The number of aromatic nitrogens is 5. The van der Waals surface area contributed by atoms with Gasteiger partial charge in [0.1, 0.15) is 0 Å². The molecule has 4 aromatic rings. The van der Waals surface area contributed by atoms with Gasteiger partial charge in [-0.05, 0) is 40.9 Å². The minimum Gasteiger partial charge on any atom is -0.378 e. The Bertz CT molecular complexity index is 1330. The fraction of sp³-hybridized carbons (Fsp3) is 0.182. The van der Waals surface area contributed by atoms with Gasteiger partial charge in [-0.15, -0.1) is 5.10 Å². The van der Waals surface area contributed by atoms with E-state index in [1.165, 1.54) is 10.2 Å². The molecule has 3 N–H and O–H groups in total. The van der Waals surface area contributed by atoms with Crippen molar-refractivity contribution in [1.82, 2.24) is 30.7 Å². The van der Waals surface area contributed by atoms with Crippen LogP contribution >= 0.6 is 0 Å². The van der Waals surface area contributed by atoms with E-state index in [0.717, 1.165) is 29.8 Å². The molecule has 0 unspecified atom stereocenters. The zero-order valence-electron chi connectivity index (χ0n) is 17.8. The van der Waals surface area contributed by atoms with Crippen molar-refractivity contribution in [3.8, 4) is 5.82 Å². The molecule has 2 aromatic heterocycles. The van der Waals surface area contributed by atoms with Crippen LogP contribution in [0.5, 0.6) is 0 Å². The second-order valence-corrected chi connectivity index (χ2v) is 7.62. The number of hydrazone groups is 1. The first-order valence-corrected chi connectivity index (χ1v) is 10.4. The molecule has 166 valence electrons. The molecule has 5 rings (SSSR count). The molecule has 0 fully saturated rings. The molecule has 2 heterocycles. The van der Waals surface area contributed by atoms with Crippen LogP contribution in [0.3, 0.4) is 0 Å². The lowest BCUT2D eigenvalue weighted by atomic mass is 10.1. The van der Waals surface area contributed by atoms with Crippen molar-refractivity contribution in [1.29, 1.82) is 0 Å². The molecule has 0 atom stereocenters. The van der Waals surface area contributed by atoms with Crippen molar-refractivity contribution in [3.63, 3.8) is 0 Å². The smallest absolute Gasteiger partial charge is 0.293 e. The molecule has 33 heavy (non-hydrogen) atoms. The average Bonchev–Trinajstić information content (AvgIpc) is 3.56. The highest BCUT2D eigenvalue weighted by Gasteiger charge is 2.25. The SMILES string of the molecule is CN(Cc1c(C(=O)N/N=C2\CCc3ccccc32)nnn1-c1nonc1N)c1ccccc1. The highest BCUT2D eigenvalue weighted by molar-refractivity contribution is 6.05. The summed E-state index contributed by atoms with van der Waals surface area (Å²) < 4.78 is 6.07. The molecule has 0 bridgehead atoms. The van der Waals surface area contributed by atoms with E-state index in [4.69, 9.17) is 10.4 Å². The van der Waals surface area contributed by atoms with Gasteiger partial charge >= 0.3 is 0 Å². The summed E-state index contributed by atoms with van der Waals surface area (Å²) >= 11 is 0. The molecular formula is C22H21N9O2. The standard InChI is InChI=1S/C22H21N9O2/c1-30(15-8-3-2-4-9-15)13-18-19(25-29-31(18)21-20(23)27-33-28-21)22(32)26-24-17-12-11-14-7-5-6-10-16(14)17/h2-10H,11-13H2,1H3,(H2,23,27)(H,26,32)/b24-17+. The quantitative estimate of drug-likeness (QED) is 0.431. The van der Waals surface area contributed by atoms with Gasteiger partial charge in [-0.1, -0.05) is 47.7 Å². The minimum atomic E-state index is -0.482. The Hall–Kier alpha value is -4.54. The van der Waals surface area contributed by atoms with Gasteiger partial charge in [-0.2, -0.15) is 9.78 Å². The number of anilines is 2. The molecule has 0 aliphatic heterocycles. The summed E-state index contributed by atoms with van der Waals surface area (Å²) in [6.07, 6.45) is 1.66. The van der Waals surface area contributed by atoms with Gasteiger partial charge in [-0.25, -0.2) is 10.1 Å². The monoisotopic (exact) mass is 443 g/mol. The number of hydrogen-bond donors (Lipinski definition) is 2. The van der Waals surface area contributed by atoms with Crippen LogP contribution < -0.4 is 16.1 Å². The number of aryl methyl sites for hydroxylation is 1. The molecule has 1 aliphatic rings. The van der Waals surface area contributed by atoms with E-state index in [9.17, 15) is 4.79 Å². The number of rotatable bonds is 6. The number of carbonyl (C=O) groups excluding carboxylic acids is 1. The lowest BCUT2D eigenvalue weighted by molar-refractivity contribution is 0.0948. The normalized spacial score (nSPS) is 13.8. The van der Waals surface area contributed by atoms with Crippen molar-refractivity contribution in [2.24, 2.45) is 5.10 Å². The van der Waals surface area contributed by atoms with Crippen molar-refractivity contribution < 1.29 is 9.42 Å². The number of amides is 1. The Balaban J connectivity index is 1.46. The average molecular weight is 443 g/mol. The summed E-state index contributed by atoms with van der Waals surface area (Å²) in [5.41, 5.74) is 13.1. The lowest BCUT2D eigenvalue weighted by Crippen LogP contribution is -2.25. The maximum Gasteiger partial charge on any atom is 0.293 e. The predicted octanol–water partition coefficient (Wildman–Crippen LogP) is 1.95. The lowest BCUT2D eigenvalue weighted by Gasteiger charge is -2.19. The number of nitrogen functional groups attached to an aromatic ring is 1. The number of benzene rings is 2. The third kappa shape index (κ3) is 3.91. The summed E-state index contributed by atoms with van der Waals surface area (Å²) in [5.74, 6) is -0.281.